The molecule has 0 spiro atoms. The molecule has 3 atom stereocenters. The molecule has 1 amide bonds. The van der Waals surface area contributed by atoms with Crippen LogP contribution in [-0.4, -0.2) is 68.0 Å². The average molecular weight is 369 g/mol. The second kappa shape index (κ2) is 8.94. The van der Waals surface area contributed by atoms with E-state index in [0.717, 1.165) is 25.0 Å². The van der Waals surface area contributed by atoms with Crippen molar-refractivity contribution in [2.45, 2.75) is 37.3 Å². The third kappa shape index (κ3) is 4.70. The number of morpholine rings is 1. The van der Waals surface area contributed by atoms with Gasteiger partial charge in [-0.25, -0.2) is 0 Å². The predicted molar refractivity (Wildman–Crippen MR) is 93.8 cm³/mol. The van der Waals surface area contributed by atoms with Gasteiger partial charge < -0.3 is 19.1 Å². The van der Waals surface area contributed by atoms with Gasteiger partial charge in [0.1, 0.15) is 6.61 Å². The fourth-order valence-corrected chi connectivity index (χ4v) is 3.82. The standard InChI is InChI=1S/C18H25ClN2O4/c1-23-8-9-25-17-10-13(15-4-3-14(19)11-20-15)2-5-16(17)21-6-7-24-12-18(21)22/h3-4,11,13,16-17H,2,5-10,12H2,1H3. The van der Waals surface area contributed by atoms with Crippen LogP contribution in [0.15, 0.2) is 18.3 Å². The Morgan fingerprint density at radius 1 is 1.36 bits per heavy atom. The normalized spacial score (nSPS) is 27.5. The van der Waals surface area contributed by atoms with E-state index < -0.39 is 0 Å². The number of aromatic nitrogens is 1. The van der Waals surface area contributed by atoms with Gasteiger partial charge in [0.15, 0.2) is 0 Å². The maximum absolute atomic E-state index is 12.3. The number of rotatable bonds is 6. The molecule has 1 aliphatic carbocycles. The van der Waals surface area contributed by atoms with E-state index in [2.05, 4.69) is 4.98 Å². The SMILES string of the molecule is COCCOC1CC(c2ccc(Cl)cn2)CCC1N1CCOCC1=O. The number of methoxy groups -OCH3 is 1. The Morgan fingerprint density at radius 3 is 2.96 bits per heavy atom. The lowest BCUT2D eigenvalue weighted by molar-refractivity contribution is -0.153. The highest BCUT2D eigenvalue weighted by molar-refractivity contribution is 6.30. The van der Waals surface area contributed by atoms with Crippen molar-refractivity contribution in [3.63, 3.8) is 0 Å². The second-order valence-electron chi connectivity index (χ2n) is 6.52. The van der Waals surface area contributed by atoms with Crippen LogP contribution >= 0.6 is 11.6 Å². The molecule has 1 aromatic heterocycles. The Hall–Kier alpha value is -1.21. The van der Waals surface area contributed by atoms with Crippen LogP contribution in [0.1, 0.15) is 30.9 Å². The van der Waals surface area contributed by atoms with Crippen LogP contribution < -0.4 is 0 Å². The molecule has 7 heteroatoms. The van der Waals surface area contributed by atoms with Crippen molar-refractivity contribution < 1.29 is 19.0 Å². The van der Waals surface area contributed by atoms with Crippen LogP contribution in [0.25, 0.3) is 0 Å². The van der Waals surface area contributed by atoms with E-state index in [9.17, 15) is 4.79 Å². The third-order valence-electron chi connectivity index (χ3n) is 4.97. The minimum absolute atomic E-state index is 0.0200. The Morgan fingerprint density at radius 2 is 2.24 bits per heavy atom. The average Bonchev–Trinajstić information content (AvgIpc) is 2.63. The van der Waals surface area contributed by atoms with Crippen LogP contribution in [0.4, 0.5) is 0 Å². The molecule has 1 saturated carbocycles. The molecular formula is C18H25ClN2O4. The summed E-state index contributed by atoms with van der Waals surface area (Å²) in [5.41, 5.74) is 1.04. The van der Waals surface area contributed by atoms with E-state index in [4.69, 9.17) is 25.8 Å². The van der Waals surface area contributed by atoms with E-state index in [1.54, 1.807) is 13.3 Å². The number of halogens is 1. The lowest BCUT2D eigenvalue weighted by Gasteiger charge is -2.43. The van der Waals surface area contributed by atoms with E-state index in [1.165, 1.54) is 0 Å². The van der Waals surface area contributed by atoms with Crippen LogP contribution in [0.5, 0.6) is 0 Å². The van der Waals surface area contributed by atoms with Gasteiger partial charge >= 0.3 is 0 Å². The molecule has 0 radical (unpaired) electrons. The summed E-state index contributed by atoms with van der Waals surface area (Å²) >= 11 is 5.95. The Balaban J connectivity index is 1.70. The molecule has 2 heterocycles. The Bertz CT molecular complexity index is 569. The lowest BCUT2D eigenvalue weighted by Crippen LogP contribution is -2.54. The third-order valence-corrected chi connectivity index (χ3v) is 5.19. The van der Waals surface area contributed by atoms with Crippen molar-refractivity contribution in [2.75, 3.05) is 40.1 Å². The van der Waals surface area contributed by atoms with Crippen molar-refractivity contribution in [3.05, 3.63) is 29.0 Å². The molecule has 6 nitrogen and oxygen atoms in total. The molecule has 3 unspecified atom stereocenters. The molecule has 25 heavy (non-hydrogen) atoms. The summed E-state index contributed by atoms with van der Waals surface area (Å²) < 4.78 is 16.5. The zero-order chi connectivity index (χ0) is 17.6. The van der Waals surface area contributed by atoms with Gasteiger partial charge in [-0.2, -0.15) is 0 Å². The first kappa shape index (κ1) is 18.6. The van der Waals surface area contributed by atoms with Crippen molar-refractivity contribution in [1.29, 1.82) is 0 Å². The largest absolute Gasteiger partial charge is 0.382 e. The van der Waals surface area contributed by atoms with Crippen molar-refractivity contribution in [3.8, 4) is 0 Å². The molecule has 1 aromatic rings. The molecule has 2 aliphatic rings. The van der Waals surface area contributed by atoms with Crippen molar-refractivity contribution in [2.24, 2.45) is 0 Å². The molecular weight excluding hydrogens is 344 g/mol. The van der Waals surface area contributed by atoms with Gasteiger partial charge in [-0.05, 0) is 31.4 Å². The summed E-state index contributed by atoms with van der Waals surface area (Å²) in [5.74, 6) is 0.372. The Kier molecular flexibility index (Phi) is 6.64. The van der Waals surface area contributed by atoms with E-state index in [-0.39, 0.29) is 24.7 Å². The zero-order valence-corrected chi connectivity index (χ0v) is 15.3. The number of ether oxygens (including phenoxy) is 3. The number of pyridine rings is 1. The van der Waals surface area contributed by atoms with Crippen LogP contribution in [-0.2, 0) is 19.0 Å². The molecule has 0 N–H and O–H groups in total. The van der Waals surface area contributed by atoms with E-state index in [0.29, 0.717) is 37.3 Å². The molecule has 1 aliphatic heterocycles. The quantitative estimate of drug-likeness (QED) is 0.721. The number of nitrogens with zero attached hydrogens (tertiary/aromatic N) is 2. The first-order chi connectivity index (χ1) is 12.2. The highest BCUT2D eigenvalue weighted by atomic mass is 35.5. The molecule has 0 aromatic carbocycles. The Labute approximate surface area is 153 Å². The minimum Gasteiger partial charge on any atom is -0.382 e. The van der Waals surface area contributed by atoms with Crippen molar-refractivity contribution in [1.82, 2.24) is 9.88 Å². The monoisotopic (exact) mass is 368 g/mol. The summed E-state index contributed by atoms with van der Waals surface area (Å²) in [6.45, 7) is 2.47. The van der Waals surface area contributed by atoms with Crippen molar-refractivity contribution >= 4 is 17.5 Å². The van der Waals surface area contributed by atoms with Gasteiger partial charge in [0.25, 0.3) is 0 Å². The van der Waals surface area contributed by atoms with Gasteiger partial charge in [0, 0.05) is 31.5 Å². The van der Waals surface area contributed by atoms with Crippen LogP contribution in [0.3, 0.4) is 0 Å². The maximum Gasteiger partial charge on any atom is 0.248 e. The second-order valence-corrected chi connectivity index (χ2v) is 6.96. The smallest absolute Gasteiger partial charge is 0.248 e. The van der Waals surface area contributed by atoms with Gasteiger partial charge in [-0.1, -0.05) is 11.6 Å². The molecule has 2 fully saturated rings. The first-order valence-corrected chi connectivity index (χ1v) is 9.16. The first-order valence-electron chi connectivity index (χ1n) is 8.78. The molecule has 138 valence electrons. The van der Waals surface area contributed by atoms with E-state index >= 15 is 0 Å². The number of carbonyl (C=O) groups is 1. The van der Waals surface area contributed by atoms with Gasteiger partial charge in [-0.3, -0.25) is 9.78 Å². The summed E-state index contributed by atoms with van der Waals surface area (Å²) in [6, 6.07) is 3.96. The maximum atomic E-state index is 12.3. The molecule has 1 saturated heterocycles. The fraction of sp³-hybridized carbons (Fsp3) is 0.667. The van der Waals surface area contributed by atoms with E-state index in [1.807, 2.05) is 17.0 Å². The number of hydrogen-bond acceptors (Lipinski definition) is 5. The summed E-state index contributed by atoms with van der Waals surface area (Å²) in [5, 5.41) is 0.643. The van der Waals surface area contributed by atoms with Crippen LogP contribution in [0.2, 0.25) is 5.02 Å². The lowest BCUT2D eigenvalue weighted by atomic mass is 9.81. The summed E-state index contributed by atoms with van der Waals surface area (Å²) in [6.07, 6.45) is 4.39. The zero-order valence-electron chi connectivity index (χ0n) is 14.5. The summed E-state index contributed by atoms with van der Waals surface area (Å²) in [4.78, 5) is 18.7. The van der Waals surface area contributed by atoms with Gasteiger partial charge in [0.05, 0.1) is 37.0 Å². The predicted octanol–water partition coefficient (Wildman–Crippen LogP) is 2.26. The number of hydrogen-bond donors (Lipinski definition) is 0. The summed E-state index contributed by atoms with van der Waals surface area (Å²) in [7, 11) is 1.66. The van der Waals surface area contributed by atoms with Crippen LogP contribution in [0, 0.1) is 0 Å². The van der Waals surface area contributed by atoms with Gasteiger partial charge in [0.2, 0.25) is 5.91 Å². The molecule has 3 rings (SSSR count). The topological polar surface area (TPSA) is 60.9 Å². The number of carbonyl (C=O) groups excluding carboxylic acids is 1. The fourth-order valence-electron chi connectivity index (χ4n) is 3.71. The molecule has 0 bridgehead atoms. The highest BCUT2D eigenvalue weighted by Crippen LogP contribution is 2.36. The van der Waals surface area contributed by atoms with Gasteiger partial charge in [-0.15, -0.1) is 0 Å². The minimum atomic E-state index is -0.0200. The number of amides is 1. The highest BCUT2D eigenvalue weighted by Gasteiger charge is 2.38.